The Bertz CT molecular complexity index is 666. The highest BCUT2D eigenvalue weighted by Gasteiger charge is 2.29. The lowest BCUT2D eigenvalue weighted by Crippen LogP contribution is -2.42. The van der Waals surface area contributed by atoms with E-state index in [0.717, 1.165) is 6.26 Å². The highest BCUT2D eigenvalue weighted by molar-refractivity contribution is 7.88. The van der Waals surface area contributed by atoms with Crippen molar-refractivity contribution in [3.8, 4) is 0 Å². The van der Waals surface area contributed by atoms with Crippen molar-refractivity contribution in [2.45, 2.75) is 19.4 Å². The molecule has 1 aliphatic heterocycles. The van der Waals surface area contributed by atoms with Crippen LogP contribution in [0.2, 0.25) is 0 Å². The average Bonchev–Trinajstić information content (AvgIpc) is 2.92. The summed E-state index contributed by atoms with van der Waals surface area (Å²) in [4.78, 5) is 24.8. The molecule has 0 saturated carbocycles. The van der Waals surface area contributed by atoms with Gasteiger partial charge in [0.05, 0.1) is 18.7 Å². The molecule has 1 aromatic heterocycles. The Hall–Kier alpha value is -1.87. The third-order valence-electron chi connectivity index (χ3n) is 3.44. The average molecular weight is 330 g/mol. The molecular weight excluding hydrogens is 312 g/mol. The number of piperidine rings is 1. The number of rotatable bonds is 5. The number of likely N-dealkylation sites (tertiary alicyclic amines) is 1. The van der Waals surface area contributed by atoms with E-state index in [1.54, 1.807) is 0 Å². The predicted octanol–water partition coefficient (Wildman–Crippen LogP) is 0.266. The van der Waals surface area contributed by atoms with Crippen molar-refractivity contribution in [3.05, 3.63) is 23.7 Å². The highest BCUT2D eigenvalue weighted by atomic mass is 32.2. The summed E-state index contributed by atoms with van der Waals surface area (Å²) >= 11 is 0. The molecule has 1 atom stereocenters. The van der Waals surface area contributed by atoms with Gasteiger partial charge in [-0.3, -0.25) is 9.59 Å². The van der Waals surface area contributed by atoms with Gasteiger partial charge in [-0.15, -0.1) is 0 Å². The number of carbonyl (C=O) groups excluding carboxylic acids is 1. The minimum atomic E-state index is -3.34. The summed E-state index contributed by atoms with van der Waals surface area (Å²) in [5.41, 5.74) is 0. The molecule has 122 valence electrons. The summed E-state index contributed by atoms with van der Waals surface area (Å²) in [6.45, 7) is 0.607. The first-order valence-electron chi connectivity index (χ1n) is 6.81. The zero-order valence-electron chi connectivity index (χ0n) is 12.1. The minimum Gasteiger partial charge on any atom is -0.481 e. The van der Waals surface area contributed by atoms with Crippen LogP contribution in [0.5, 0.6) is 0 Å². The molecule has 8 nitrogen and oxygen atoms in total. The molecule has 1 saturated heterocycles. The van der Waals surface area contributed by atoms with Crippen molar-refractivity contribution >= 4 is 21.9 Å². The topological polar surface area (TPSA) is 117 Å². The van der Waals surface area contributed by atoms with Gasteiger partial charge >= 0.3 is 5.97 Å². The first-order chi connectivity index (χ1) is 10.3. The monoisotopic (exact) mass is 330 g/mol. The number of carboxylic acids is 1. The Morgan fingerprint density at radius 3 is 2.82 bits per heavy atom. The first kappa shape index (κ1) is 16.5. The summed E-state index contributed by atoms with van der Waals surface area (Å²) in [5.74, 6) is -1.44. The van der Waals surface area contributed by atoms with Crippen LogP contribution in [-0.2, 0) is 21.4 Å². The van der Waals surface area contributed by atoms with Crippen molar-refractivity contribution in [1.82, 2.24) is 9.62 Å². The summed E-state index contributed by atoms with van der Waals surface area (Å²) in [6, 6.07) is 2.98. The normalized spacial score (nSPS) is 19.1. The minimum absolute atomic E-state index is 0.0378. The van der Waals surface area contributed by atoms with E-state index in [4.69, 9.17) is 9.52 Å². The third kappa shape index (κ3) is 4.31. The van der Waals surface area contributed by atoms with Crippen molar-refractivity contribution in [1.29, 1.82) is 0 Å². The predicted molar refractivity (Wildman–Crippen MR) is 76.7 cm³/mol. The van der Waals surface area contributed by atoms with E-state index in [0.29, 0.717) is 25.1 Å². The van der Waals surface area contributed by atoms with Crippen LogP contribution in [0, 0.1) is 5.92 Å². The molecule has 0 unspecified atom stereocenters. The highest BCUT2D eigenvalue weighted by Crippen LogP contribution is 2.19. The number of aliphatic carboxylic acids is 1. The second-order valence-electron chi connectivity index (χ2n) is 5.29. The Balaban J connectivity index is 2.01. The Morgan fingerprint density at radius 2 is 2.18 bits per heavy atom. The van der Waals surface area contributed by atoms with E-state index in [1.165, 1.54) is 17.0 Å². The number of carbonyl (C=O) groups is 2. The van der Waals surface area contributed by atoms with Gasteiger partial charge in [-0.2, -0.15) is 0 Å². The molecule has 0 aliphatic carbocycles. The summed E-state index contributed by atoms with van der Waals surface area (Å²) in [5, 5.41) is 9.03. The van der Waals surface area contributed by atoms with Gasteiger partial charge in [-0.05, 0) is 25.0 Å². The van der Waals surface area contributed by atoms with E-state index in [-0.39, 0.29) is 24.8 Å². The SMILES string of the molecule is CS(=O)(=O)NCc1ccc(C(=O)N2CCC[C@H](C(=O)O)C2)o1. The molecule has 1 fully saturated rings. The van der Waals surface area contributed by atoms with Gasteiger partial charge in [-0.25, -0.2) is 13.1 Å². The zero-order chi connectivity index (χ0) is 16.3. The quantitative estimate of drug-likeness (QED) is 0.800. The largest absolute Gasteiger partial charge is 0.481 e. The maximum atomic E-state index is 12.3. The number of nitrogens with zero attached hydrogens (tertiary/aromatic N) is 1. The third-order valence-corrected chi connectivity index (χ3v) is 4.11. The van der Waals surface area contributed by atoms with Crippen molar-refractivity contribution < 1.29 is 27.5 Å². The second-order valence-corrected chi connectivity index (χ2v) is 7.12. The Labute approximate surface area is 128 Å². The first-order valence-corrected chi connectivity index (χ1v) is 8.71. The van der Waals surface area contributed by atoms with E-state index >= 15 is 0 Å². The van der Waals surface area contributed by atoms with Crippen LogP contribution in [0.3, 0.4) is 0 Å². The molecule has 9 heteroatoms. The number of hydrogen-bond donors (Lipinski definition) is 2. The van der Waals surface area contributed by atoms with E-state index < -0.39 is 21.9 Å². The second kappa shape index (κ2) is 6.49. The molecule has 22 heavy (non-hydrogen) atoms. The van der Waals surface area contributed by atoms with Crippen molar-refractivity contribution in [2.24, 2.45) is 5.92 Å². The standard InChI is InChI=1S/C13H18N2O6S/c1-22(19,20)14-7-10-4-5-11(21-10)12(16)15-6-2-3-9(8-15)13(17)18/h4-5,9,14H,2-3,6-8H2,1H3,(H,17,18)/t9-/m0/s1. The van der Waals surface area contributed by atoms with Gasteiger partial charge in [0.25, 0.3) is 5.91 Å². The van der Waals surface area contributed by atoms with Gasteiger partial charge < -0.3 is 14.4 Å². The summed E-state index contributed by atoms with van der Waals surface area (Å²) in [6.07, 6.45) is 2.22. The fourth-order valence-electron chi connectivity index (χ4n) is 2.31. The maximum Gasteiger partial charge on any atom is 0.308 e. The molecule has 2 rings (SSSR count). The number of nitrogens with one attached hydrogen (secondary N) is 1. The lowest BCUT2D eigenvalue weighted by Gasteiger charge is -2.29. The van der Waals surface area contributed by atoms with Gasteiger partial charge in [-0.1, -0.05) is 0 Å². The van der Waals surface area contributed by atoms with Gasteiger partial charge in [0.2, 0.25) is 10.0 Å². The summed E-state index contributed by atoms with van der Waals surface area (Å²) in [7, 11) is -3.34. The molecule has 0 spiro atoms. The molecule has 0 aromatic carbocycles. The van der Waals surface area contributed by atoms with Crippen LogP contribution in [-0.4, -0.2) is 49.6 Å². The van der Waals surface area contributed by atoms with Crippen molar-refractivity contribution in [3.63, 3.8) is 0 Å². The van der Waals surface area contributed by atoms with Crippen LogP contribution in [0.15, 0.2) is 16.5 Å². The van der Waals surface area contributed by atoms with E-state index in [1.807, 2.05) is 0 Å². The molecular formula is C13H18N2O6S. The Kier molecular flexibility index (Phi) is 4.87. The molecule has 0 radical (unpaired) electrons. The lowest BCUT2D eigenvalue weighted by atomic mass is 9.98. The smallest absolute Gasteiger partial charge is 0.308 e. The zero-order valence-corrected chi connectivity index (χ0v) is 12.9. The maximum absolute atomic E-state index is 12.3. The van der Waals surface area contributed by atoms with E-state index in [2.05, 4.69) is 4.72 Å². The number of amides is 1. The molecule has 1 aromatic rings. The van der Waals surface area contributed by atoms with Gasteiger partial charge in [0.15, 0.2) is 5.76 Å². The molecule has 2 heterocycles. The van der Waals surface area contributed by atoms with Crippen molar-refractivity contribution in [2.75, 3.05) is 19.3 Å². The molecule has 1 amide bonds. The number of hydrogen-bond acceptors (Lipinski definition) is 5. The number of furan rings is 1. The van der Waals surface area contributed by atoms with E-state index in [9.17, 15) is 18.0 Å². The molecule has 2 N–H and O–H groups in total. The number of sulfonamides is 1. The fourth-order valence-corrected chi connectivity index (χ4v) is 2.71. The van der Waals surface area contributed by atoms with Crippen LogP contribution < -0.4 is 4.72 Å². The number of carboxylic acid groups (broad SMARTS) is 1. The van der Waals surface area contributed by atoms with Crippen LogP contribution in [0.25, 0.3) is 0 Å². The van der Waals surface area contributed by atoms with Crippen LogP contribution in [0.1, 0.15) is 29.2 Å². The van der Waals surface area contributed by atoms with Crippen LogP contribution >= 0.6 is 0 Å². The summed E-state index contributed by atoms with van der Waals surface area (Å²) < 4.78 is 29.6. The fraction of sp³-hybridized carbons (Fsp3) is 0.538. The molecule has 0 bridgehead atoms. The van der Waals surface area contributed by atoms with Crippen LogP contribution in [0.4, 0.5) is 0 Å². The van der Waals surface area contributed by atoms with Gasteiger partial charge in [0.1, 0.15) is 5.76 Å². The lowest BCUT2D eigenvalue weighted by molar-refractivity contribution is -0.143. The van der Waals surface area contributed by atoms with Gasteiger partial charge in [0, 0.05) is 13.1 Å². The Morgan fingerprint density at radius 1 is 1.45 bits per heavy atom. The molecule has 1 aliphatic rings.